The molecule has 2 N–H and O–H groups in total. The topological polar surface area (TPSA) is 16.6 Å². The van der Waals surface area contributed by atoms with Gasteiger partial charge in [-0.15, -0.1) is 0 Å². The van der Waals surface area contributed by atoms with Crippen LogP contribution in [0.4, 0.5) is 0 Å². The van der Waals surface area contributed by atoms with Gasteiger partial charge in [0.25, 0.3) is 0 Å². The third-order valence-corrected chi connectivity index (χ3v) is 1.65. The Bertz CT molecular complexity index is 43.7. The lowest BCUT2D eigenvalue weighted by Gasteiger charge is -2.03. The summed E-state index contributed by atoms with van der Waals surface area (Å²) < 4.78 is 0. The van der Waals surface area contributed by atoms with E-state index >= 15 is 0 Å². The molecule has 0 bridgehead atoms. The SMILES string of the molecule is CCC(C)CC[NH2+]C. The van der Waals surface area contributed by atoms with E-state index in [9.17, 15) is 0 Å². The molecular weight excluding hydrogens is 98.1 g/mol. The summed E-state index contributed by atoms with van der Waals surface area (Å²) in [5, 5.41) is 2.24. The maximum atomic E-state index is 2.31. The van der Waals surface area contributed by atoms with Crippen molar-refractivity contribution in [2.45, 2.75) is 26.7 Å². The molecule has 0 radical (unpaired) electrons. The molecule has 0 spiro atoms. The number of hydrogen-bond acceptors (Lipinski definition) is 0. The largest absolute Gasteiger partial charge is 0.349 e. The van der Waals surface area contributed by atoms with Crippen LogP contribution >= 0.6 is 0 Å². The van der Waals surface area contributed by atoms with Crippen molar-refractivity contribution >= 4 is 0 Å². The van der Waals surface area contributed by atoms with Gasteiger partial charge in [0.1, 0.15) is 0 Å². The van der Waals surface area contributed by atoms with Crippen LogP contribution in [-0.4, -0.2) is 13.6 Å². The molecule has 0 aromatic carbocycles. The van der Waals surface area contributed by atoms with Crippen molar-refractivity contribution in [1.82, 2.24) is 0 Å². The highest BCUT2D eigenvalue weighted by Gasteiger charge is 1.96. The first-order chi connectivity index (χ1) is 3.81. The van der Waals surface area contributed by atoms with E-state index in [2.05, 4.69) is 26.2 Å². The van der Waals surface area contributed by atoms with Gasteiger partial charge >= 0.3 is 0 Å². The van der Waals surface area contributed by atoms with Gasteiger partial charge in [0.15, 0.2) is 0 Å². The zero-order chi connectivity index (χ0) is 6.41. The molecule has 0 fully saturated rings. The van der Waals surface area contributed by atoms with E-state index in [1.807, 2.05) is 0 Å². The third kappa shape index (κ3) is 4.13. The van der Waals surface area contributed by atoms with E-state index in [1.54, 1.807) is 0 Å². The molecule has 8 heavy (non-hydrogen) atoms. The smallest absolute Gasteiger partial charge is 0.0755 e. The molecule has 1 atom stereocenters. The Hall–Kier alpha value is -0.0400. The summed E-state index contributed by atoms with van der Waals surface area (Å²) in [6.45, 7) is 5.85. The van der Waals surface area contributed by atoms with Crippen molar-refractivity contribution < 1.29 is 5.32 Å². The van der Waals surface area contributed by atoms with Crippen LogP contribution in [0.25, 0.3) is 0 Å². The summed E-state index contributed by atoms with van der Waals surface area (Å²) in [6, 6.07) is 0. The number of rotatable bonds is 4. The number of hydrogen-bond donors (Lipinski definition) is 1. The Morgan fingerprint density at radius 2 is 2.12 bits per heavy atom. The Kier molecular flexibility index (Phi) is 5.08. The maximum absolute atomic E-state index is 2.31. The average Bonchev–Trinajstić information content (AvgIpc) is 1.83. The Balaban J connectivity index is 2.86. The van der Waals surface area contributed by atoms with E-state index in [0.717, 1.165) is 5.92 Å². The molecule has 0 heterocycles. The van der Waals surface area contributed by atoms with Crippen LogP contribution in [0.1, 0.15) is 26.7 Å². The van der Waals surface area contributed by atoms with Crippen molar-refractivity contribution in [3.05, 3.63) is 0 Å². The van der Waals surface area contributed by atoms with Gasteiger partial charge in [-0.3, -0.25) is 0 Å². The highest BCUT2D eigenvalue weighted by Crippen LogP contribution is 2.02. The molecule has 0 aromatic heterocycles. The van der Waals surface area contributed by atoms with E-state index in [1.165, 1.54) is 19.4 Å². The second-order valence-electron chi connectivity index (χ2n) is 2.50. The maximum Gasteiger partial charge on any atom is 0.0755 e. The second-order valence-corrected chi connectivity index (χ2v) is 2.50. The Morgan fingerprint density at radius 3 is 2.50 bits per heavy atom. The van der Waals surface area contributed by atoms with Gasteiger partial charge in [0.05, 0.1) is 13.6 Å². The van der Waals surface area contributed by atoms with Crippen molar-refractivity contribution in [2.24, 2.45) is 5.92 Å². The lowest BCUT2D eigenvalue weighted by atomic mass is 10.1. The lowest BCUT2D eigenvalue weighted by molar-refractivity contribution is -0.627. The summed E-state index contributed by atoms with van der Waals surface area (Å²) in [4.78, 5) is 0. The zero-order valence-corrected chi connectivity index (χ0v) is 6.28. The van der Waals surface area contributed by atoms with Crippen LogP contribution in [0.5, 0.6) is 0 Å². The summed E-state index contributed by atoms with van der Waals surface area (Å²) in [7, 11) is 2.13. The molecule has 1 nitrogen and oxygen atoms in total. The fraction of sp³-hybridized carbons (Fsp3) is 1.00. The summed E-state index contributed by atoms with van der Waals surface area (Å²) in [5.74, 6) is 0.922. The van der Waals surface area contributed by atoms with Crippen molar-refractivity contribution in [3.63, 3.8) is 0 Å². The van der Waals surface area contributed by atoms with E-state index in [0.29, 0.717) is 0 Å². The first-order valence-electron chi connectivity index (χ1n) is 3.59. The number of nitrogens with two attached hydrogens (primary N) is 1. The predicted octanol–water partition coefficient (Wildman–Crippen LogP) is 0.616. The normalized spacial score (nSPS) is 13.9. The van der Waals surface area contributed by atoms with Crippen molar-refractivity contribution in [2.75, 3.05) is 13.6 Å². The lowest BCUT2D eigenvalue weighted by Crippen LogP contribution is -2.79. The standard InChI is InChI=1S/C7H17N/c1-4-7(2)5-6-8-3/h7-8H,4-6H2,1-3H3/p+1. The van der Waals surface area contributed by atoms with Crippen LogP contribution in [0.15, 0.2) is 0 Å². The van der Waals surface area contributed by atoms with E-state index < -0.39 is 0 Å². The average molecular weight is 116 g/mol. The molecule has 0 saturated heterocycles. The molecule has 1 unspecified atom stereocenters. The summed E-state index contributed by atoms with van der Waals surface area (Å²) in [5.41, 5.74) is 0. The van der Waals surface area contributed by atoms with Gasteiger partial charge in [-0.25, -0.2) is 0 Å². The fourth-order valence-corrected chi connectivity index (χ4v) is 0.655. The van der Waals surface area contributed by atoms with Crippen LogP contribution in [0, 0.1) is 5.92 Å². The monoisotopic (exact) mass is 116 g/mol. The summed E-state index contributed by atoms with van der Waals surface area (Å²) >= 11 is 0. The van der Waals surface area contributed by atoms with Gasteiger partial charge in [-0.2, -0.15) is 0 Å². The minimum absolute atomic E-state index is 0.922. The van der Waals surface area contributed by atoms with Gasteiger partial charge in [-0.05, 0) is 12.3 Å². The highest BCUT2D eigenvalue weighted by molar-refractivity contribution is 4.45. The van der Waals surface area contributed by atoms with Gasteiger partial charge < -0.3 is 5.32 Å². The molecule has 1 heteroatoms. The minimum atomic E-state index is 0.922. The Labute approximate surface area is 52.5 Å². The fourth-order valence-electron chi connectivity index (χ4n) is 0.655. The van der Waals surface area contributed by atoms with Gasteiger partial charge in [0, 0.05) is 0 Å². The minimum Gasteiger partial charge on any atom is -0.349 e. The first kappa shape index (κ1) is 7.96. The molecule has 0 saturated carbocycles. The Morgan fingerprint density at radius 1 is 1.50 bits per heavy atom. The van der Waals surface area contributed by atoms with Gasteiger partial charge in [0.2, 0.25) is 0 Å². The van der Waals surface area contributed by atoms with Crippen molar-refractivity contribution in [3.8, 4) is 0 Å². The molecule has 0 amide bonds. The van der Waals surface area contributed by atoms with Crippen LogP contribution in [0.2, 0.25) is 0 Å². The van der Waals surface area contributed by atoms with Crippen LogP contribution < -0.4 is 5.32 Å². The third-order valence-electron chi connectivity index (χ3n) is 1.65. The molecular formula is C7H18N+. The van der Waals surface area contributed by atoms with E-state index in [4.69, 9.17) is 0 Å². The second kappa shape index (κ2) is 5.10. The zero-order valence-electron chi connectivity index (χ0n) is 6.28. The number of quaternary nitrogens is 1. The van der Waals surface area contributed by atoms with E-state index in [-0.39, 0.29) is 0 Å². The summed E-state index contributed by atoms with van der Waals surface area (Å²) in [6.07, 6.45) is 2.70. The molecule has 0 rings (SSSR count). The van der Waals surface area contributed by atoms with Crippen molar-refractivity contribution in [1.29, 1.82) is 0 Å². The first-order valence-corrected chi connectivity index (χ1v) is 3.59. The predicted molar refractivity (Wildman–Crippen MR) is 36.8 cm³/mol. The quantitative estimate of drug-likeness (QED) is 0.554. The van der Waals surface area contributed by atoms with Gasteiger partial charge in [-0.1, -0.05) is 20.3 Å². The molecule has 0 aliphatic carbocycles. The highest BCUT2D eigenvalue weighted by atomic mass is 14.8. The molecule has 50 valence electrons. The molecule has 0 aromatic rings. The molecule has 0 aliphatic rings. The van der Waals surface area contributed by atoms with Crippen LogP contribution in [-0.2, 0) is 0 Å². The van der Waals surface area contributed by atoms with Crippen LogP contribution in [0.3, 0.4) is 0 Å². The molecule has 0 aliphatic heterocycles.